The van der Waals surface area contributed by atoms with E-state index in [-0.39, 0.29) is 17.9 Å². The molecule has 0 atom stereocenters. The molecule has 0 radical (unpaired) electrons. The highest BCUT2D eigenvalue weighted by Gasteiger charge is 2.26. The van der Waals surface area contributed by atoms with Crippen LogP contribution in [0.5, 0.6) is 5.75 Å². The van der Waals surface area contributed by atoms with Crippen molar-refractivity contribution in [3.63, 3.8) is 0 Å². The average molecular weight is 387 g/mol. The van der Waals surface area contributed by atoms with E-state index in [2.05, 4.69) is 5.32 Å². The summed E-state index contributed by atoms with van der Waals surface area (Å²) in [5.74, 6) is 0.345. The molecule has 3 rings (SSSR count). The summed E-state index contributed by atoms with van der Waals surface area (Å²) in [6.07, 6.45) is 1.43. The number of nitrogens with zero attached hydrogens (tertiary/aromatic N) is 1. The number of hydrogen-bond donors (Lipinski definition) is 1. The zero-order valence-corrected chi connectivity index (χ0v) is 16.3. The summed E-state index contributed by atoms with van der Waals surface area (Å²) in [5, 5.41) is 3.57. The Bertz CT molecular complexity index is 845. The SMILES string of the molecule is COc1ccc(Cl)cc1C(=O)N1CCC(NC(=O)c2cccc(C)c2)CC1. The van der Waals surface area contributed by atoms with Crippen molar-refractivity contribution in [3.05, 3.63) is 64.2 Å². The van der Waals surface area contributed by atoms with E-state index in [0.29, 0.717) is 47.8 Å². The Morgan fingerprint density at radius 1 is 1.15 bits per heavy atom. The number of rotatable bonds is 4. The van der Waals surface area contributed by atoms with Crippen molar-refractivity contribution in [2.45, 2.75) is 25.8 Å². The van der Waals surface area contributed by atoms with Crippen molar-refractivity contribution in [2.24, 2.45) is 0 Å². The maximum Gasteiger partial charge on any atom is 0.257 e. The first-order chi connectivity index (χ1) is 13.0. The van der Waals surface area contributed by atoms with E-state index < -0.39 is 0 Å². The van der Waals surface area contributed by atoms with Crippen molar-refractivity contribution in [2.75, 3.05) is 20.2 Å². The van der Waals surface area contributed by atoms with Gasteiger partial charge in [0, 0.05) is 29.7 Å². The monoisotopic (exact) mass is 386 g/mol. The van der Waals surface area contributed by atoms with Gasteiger partial charge in [-0.05, 0) is 50.1 Å². The summed E-state index contributed by atoms with van der Waals surface area (Å²) in [4.78, 5) is 27.0. The van der Waals surface area contributed by atoms with E-state index in [1.54, 1.807) is 23.1 Å². The van der Waals surface area contributed by atoms with Crippen molar-refractivity contribution in [1.29, 1.82) is 0 Å². The Morgan fingerprint density at radius 2 is 1.89 bits per heavy atom. The van der Waals surface area contributed by atoms with Gasteiger partial charge in [-0.2, -0.15) is 0 Å². The molecule has 0 aromatic heterocycles. The number of hydrogen-bond acceptors (Lipinski definition) is 3. The molecule has 1 heterocycles. The predicted molar refractivity (Wildman–Crippen MR) is 106 cm³/mol. The summed E-state index contributed by atoms with van der Waals surface area (Å²) in [7, 11) is 1.53. The number of halogens is 1. The zero-order valence-electron chi connectivity index (χ0n) is 15.5. The van der Waals surface area contributed by atoms with Crippen molar-refractivity contribution in [3.8, 4) is 5.75 Å². The first kappa shape index (κ1) is 19.2. The number of methoxy groups -OCH3 is 1. The standard InChI is InChI=1S/C21H23ClN2O3/c1-14-4-3-5-15(12-14)20(25)23-17-8-10-24(11-9-17)21(26)18-13-16(22)6-7-19(18)27-2/h3-7,12-13,17H,8-11H2,1-2H3,(H,23,25). The summed E-state index contributed by atoms with van der Waals surface area (Å²) >= 11 is 6.03. The maximum absolute atomic E-state index is 12.8. The fraction of sp³-hybridized carbons (Fsp3) is 0.333. The number of nitrogens with one attached hydrogen (secondary N) is 1. The number of ether oxygens (including phenoxy) is 1. The maximum atomic E-state index is 12.8. The van der Waals surface area contributed by atoms with Gasteiger partial charge in [0.05, 0.1) is 12.7 Å². The fourth-order valence-electron chi connectivity index (χ4n) is 3.30. The molecule has 0 aliphatic carbocycles. The van der Waals surface area contributed by atoms with Crippen molar-refractivity contribution in [1.82, 2.24) is 10.2 Å². The van der Waals surface area contributed by atoms with Crippen LogP contribution in [0.4, 0.5) is 0 Å². The minimum Gasteiger partial charge on any atom is -0.496 e. The number of carbonyl (C=O) groups is 2. The highest BCUT2D eigenvalue weighted by Crippen LogP contribution is 2.25. The zero-order chi connectivity index (χ0) is 19.4. The Morgan fingerprint density at radius 3 is 2.56 bits per heavy atom. The largest absolute Gasteiger partial charge is 0.496 e. The third-order valence-electron chi connectivity index (χ3n) is 4.79. The molecular weight excluding hydrogens is 364 g/mol. The summed E-state index contributed by atoms with van der Waals surface area (Å²) in [6, 6.07) is 12.6. The number of benzene rings is 2. The molecule has 1 N–H and O–H groups in total. The lowest BCUT2D eigenvalue weighted by Gasteiger charge is -2.32. The Hall–Kier alpha value is -2.53. The number of piperidine rings is 1. The Balaban J connectivity index is 1.59. The molecule has 0 unspecified atom stereocenters. The molecule has 2 aromatic rings. The van der Waals surface area contributed by atoms with Crippen LogP contribution in [0.1, 0.15) is 39.1 Å². The lowest BCUT2D eigenvalue weighted by Crippen LogP contribution is -2.46. The topological polar surface area (TPSA) is 58.6 Å². The van der Waals surface area contributed by atoms with E-state index in [1.807, 2.05) is 31.2 Å². The summed E-state index contributed by atoms with van der Waals surface area (Å²) < 4.78 is 5.28. The quantitative estimate of drug-likeness (QED) is 0.871. The summed E-state index contributed by atoms with van der Waals surface area (Å²) in [6.45, 7) is 3.12. The molecule has 0 saturated carbocycles. The van der Waals surface area contributed by atoms with Crippen LogP contribution in [0, 0.1) is 6.92 Å². The van der Waals surface area contributed by atoms with Crippen LogP contribution in [-0.2, 0) is 0 Å². The van der Waals surface area contributed by atoms with Gasteiger partial charge < -0.3 is 15.0 Å². The van der Waals surface area contributed by atoms with E-state index in [4.69, 9.17) is 16.3 Å². The molecule has 1 aliphatic rings. The molecule has 142 valence electrons. The van der Waals surface area contributed by atoms with Crippen LogP contribution in [0.2, 0.25) is 5.02 Å². The molecule has 1 saturated heterocycles. The molecule has 0 bridgehead atoms. The second-order valence-electron chi connectivity index (χ2n) is 6.75. The van der Waals surface area contributed by atoms with Gasteiger partial charge in [-0.25, -0.2) is 0 Å². The number of likely N-dealkylation sites (tertiary alicyclic amines) is 1. The van der Waals surface area contributed by atoms with Crippen molar-refractivity contribution < 1.29 is 14.3 Å². The van der Waals surface area contributed by atoms with Gasteiger partial charge >= 0.3 is 0 Å². The molecular formula is C21H23ClN2O3. The minimum atomic E-state index is -0.0992. The number of carbonyl (C=O) groups excluding carboxylic acids is 2. The normalized spacial score (nSPS) is 14.7. The Labute approximate surface area is 164 Å². The second kappa shape index (κ2) is 8.44. The van der Waals surface area contributed by atoms with Gasteiger partial charge in [0.1, 0.15) is 5.75 Å². The van der Waals surface area contributed by atoms with E-state index in [1.165, 1.54) is 7.11 Å². The number of aryl methyl sites for hydroxylation is 1. The third-order valence-corrected chi connectivity index (χ3v) is 5.02. The lowest BCUT2D eigenvalue weighted by atomic mass is 10.0. The van der Waals surface area contributed by atoms with Gasteiger partial charge in [0.25, 0.3) is 11.8 Å². The highest BCUT2D eigenvalue weighted by molar-refractivity contribution is 6.31. The third kappa shape index (κ3) is 4.61. The van der Waals surface area contributed by atoms with E-state index in [0.717, 1.165) is 5.56 Å². The molecule has 2 amide bonds. The molecule has 6 heteroatoms. The molecule has 1 aliphatic heterocycles. The molecule has 0 spiro atoms. The van der Waals surface area contributed by atoms with Gasteiger partial charge in [0.2, 0.25) is 0 Å². The van der Waals surface area contributed by atoms with E-state index in [9.17, 15) is 9.59 Å². The number of amides is 2. The predicted octanol–water partition coefficient (Wildman–Crippen LogP) is 3.69. The lowest BCUT2D eigenvalue weighted by molar-refractivity contribution is 0.0695. The van der Waals surface area contributed by atoms with Crippen molar-refractivity contribution >= 4 is 23.4 Å². The van der Waals surface area contributed by atoms with Gasteiger partial charge in [-0.3, -0.25) is 9.59 Å². The second-order valence-corrected chi connectivity index (χ2v) is 7.19. The first-order valence-corrected chi connectivity index (χ1v) is 9.36. The minimum absolute atomic E-state index is 0.0586. The molecule has 5 nitrogen and oxygen atoms in total. The molecule has 27 heavy (non-hydrogen) atoms. The van der Waals surface area contributed by atoms with Crippen LogP contribution in [0.15, 0.2) is 42.5 Å². The summed E-state index contributed by atoms with van der Waals surface area (Å²) in [5.41, 5.74) is 2.18. The average Bonchev–Trinajstić information content (AvgIpc) is 2.68. The first-order valence-electron chi connectivity index (χ1n) is 8.98. The smallest absolute Gasteiger partial charge is 0.257 e. The van der Waals surface area contributed by atoms with Crippen LogP contribution in [0.25, 0.3) is 0 Å². The van der Waals surface area contributed by atoms with Gasteiger partial charge in [-0.15, -0.1) is 0 Å². The van der Waals surface area contributed by atoms with Crippen LogP contribution in [-0.4, -0.2) is 43.0 Å². The van der Waals surface area contributed by atoms with Gasteiger partial charge in [0.15, 0.2) is 0 Å². The highest BCUT2D eigenvalue weighted by atomic mass is 35.5. The van der Waals surface area contributed by atoms with Gasteiger partial charge in [-0.1, -0.05) is 29.3 Å². The fourth-order valence-corrected chi connectivity index (χ4v) is 3.47. The van der Waals surface area contributed by atoms with Crippen LogP contribution >= 0.6 is 11.6 Å². The Kier molecular flexibility index (Phi) is 6.01. The van der Waals surface area contributed by atoms with Crippen LogP contribution < -0.4 is 10.1 Å². The van der Waals surface area contributed by atoms with E-state index >= 15 is 0 Å². The van der Waals surface area contributed by atoms with Crippen LogP contribution in [0.3, 0.4) is 0 Å². The molecule has 2 aromatic carbocycles. The molecule has 1 fully saturated rings.